The van der Waals surface area contributed by atoms with Gasteiger partial charge in [0.05, 0.1) is 23.0 Å². The van der Waals surface area contributed by atoms with Crippen LogP contribution in [0.5, 0.6) is 0 Å². The highest BCUT2D eigenvalue weighted by atomic mass is 32.1. The Balaban J connectivity index is 1.20. The number of rotatable bonds is 6. The van der Waals surface area contributed by atoms with E-state index in [1.807, 2.05) is 11.0 Å². The second-order valence-electron chi connectivity index (χ2n) is 13.7. The van der Waals surface area contributed by atoms with Crippen molar-refractivity contribution < 1.29 is 13.6 Å². The highest BCUT2D eigenvalue weighted by Crippen LogP contribution is 2.44. The summed E-state index contributed by atoms with van der Waals surface area (Å²) < 4.78 is 31.3. The fraction of sp³-hybridized carbons (Fsp3) is 0.618. The fourth-order valence-corrected chi connectivity index (χ4v) is 8.90. The first kappa shape index (κ1) is 30.7. The number of fused-ring (bicyclic) bond motifs is 2. The maximum Gasteiger partial charge on any atom is 0.264 e. The Kier molecular flexibility index (Phi) is 8.69. The van der Waals surface area contributed by atoms with E-state index < -0.39 is 6.43 Å². The van der Waals surface area contributed by atoms with E-state index in [0.29, 0.717) is 43.1 Å². The standard InChI is InChI=1S/C34H45F2N7OS/c1-21-15-37-16-22(2)28(21)18-40-10-6-25(7-11-40)43-30-8-12-41(23(3)44)19-29(30)34(39-43)42-9-4-5-24-13-26(32-17-38-20-45-32)27(33(35)36)14-31(24)42/h13-14,17,20-22,25,28,33,37H,4-12,15-16,18-19H2,1-3H3. The number of likely N-dealkylation sites (tertiary alicyclic amines) is 1. The molecule has 2 aromatic heterocycles. The highest BCUT2D eigenvalue weighted by molar-refractivity contribution is 7.13. The Morgan fingerprint density at radius 1 is 1.09 bits per heavy atom. The average Bonchev–Trinajstić information content (AvgIpc) is 3.71. The summed E-state index contributed by atoms with van der Waals surface area (Å²) in [6, 6.07) is 3.93. The van der Waals surface area contributed by atoms with Gasteiger partial charge in [-0.25, -0.2) is 8.78 Å². The molecule has 1 N–H and O–H groups in total. The van der Waals surface area contributed by atoms with Gasteiger partial charge in [-0.2, -0.15) is 5.10 Å². The summed E-state index contributed by atoms with van der Waals surface area (Å²) in [4.78, 5) is 24.1. The van der Waals surface area contributed by atoms with Crippen LogP contribution in [0.1, 0.15) is 74.9 Å². The molecule has 0 bridgehead atoms. The summed E-state index contributed by atoms with van der Waals surface area (Å²) in [5.41, 5.74) is 6.47. The fourth-order valence-electron chi connectivity index (χ4n) is 8.23. The summed E-state index contributed by atoms with van der Waals surface area (Å²) in [7, 11) is 0. The summed E-state index contributed by atoms with van der Waals surface area (Å²) >= 11 is 1.39. The van der Waals surface area contributed by atoms with Crippen LogP contribution >= 0.6 is 11.3 Å². The number of carbonyl (C=O) groups excluding carboxylic acids is 1. The number of amides is 1. The van der Waals surface area contributed by atoms with Gasteiger partial charge in [0.15, 0.2) is 5.82 Å². The molecular formula is C34H45F2N7OS. The molecule has 1 amide bonds. The number of carbonyl (C=O) groups is 1. The highest BCUT2D eigenvalue weighted by Gasteiger charge is 2.36. The molecule has 2 atom stereocenters. The van der Waals surface area contributed by atoms with E-state index in [9.17, 15) is 13.6 Å². The lowest BCUT2D eigenvalue weighted by Gasteiger charge is -2.41. The lowest BCUT2D eigenvalue weighted by molar-refractivity contribution is -0.129. The molecular weight excluding hydrogens is 592 g/mol. The minimum absolute atomic E-state index is 0.0355. The van der Waals surface area contributed by atoms with Crippen LogP contribution in [-0.2, 0) is 24.2 Å². The van der Waals surface area contributed by atoms with Crippen LogP contribution in [0.3, 0.4) is 0 Å². The van der Waals surface area contributed by atoms with Gasteiger partial charge >= 0.3 is 0 Å². The van der Waals surface area contributed by atoms with Crippen molar-refractivity contribution in [2.75, 3.05) is 50.7 Å². The van der Waals surface area contributed by atoms with Crippen LogP contribution in [0.4, 0.5) is 20.3 Å². The zero-order valence-electron chi connectivity index (χ0n) is 26.6. The molecule has 242 valence electrons. The van der Waals surface area contributed by atoms with E-state index >= 15 is 0 Å². The first-order valence-corrected chi connectivity index (χ1v) is 17.6. The van der Waals surface area contributed by atoms with Crippen LogP contribution in [0.2, 0.25) is 0 Å². The van der Waals surface area contributed by atoms with Crippen molar-refractivity contribution >= 4 is 28.7 Å². The molecule has 2 fully saturated rings. The predicted octanol–water partition coefficient (Wildman–Crippen LogP) is 6.06. The predicted molar refractivity (Wildman–Crippen MR) is 174 cm³/mol. The van der Waals surface area contributed by atoms with Crippen molar-refractivity contribution in [2.24, 2.45) is 17.8 Å². The minimum Gasteiger partial charge on any atom is -0.338 e. The Hall–Kier alpha value is -2.89. The van der Waals surface area contributed by atoms with E-state index in [1.54, 1.807) is 24.7 Å². The maximum absolute atomic E-state index is 14.5. The Morgan fingerprint density at radius 3 is 2.56 bits per heavy atom. The largest absolute Gasteiger partial charge is 0.338 e. The summed E-state index contributed by atoms with van der Waals surface area (Å²) in [5.74, 6) is 2.99. The van der Waals surface area contributed by atoms with Gasteiger partial charge in [-0.15, -0.1) is 11.3 Å². The number of hydrogen-bond donors (Lipinski definition) is 1. The zero-order valence-corrected chi connectivity index (χ0v) is 27.5. The molecule has 4 aliphatic heterocycles. The average molecular weight is 638 g/mol. The maximum atomic E-state index is 14.5. The summed E-state index contributed by atoms with van der Waals surface area (Å²) in [6.45, 7) is 13.8. The van der Waals surface area contributed by atoms with Crippen molar-refractivity contribution in [2.45, 2.75) is 71.9 Å². The van der Waals surface area contributed by atoms with Crippen molar-refractivity contribution in [3.05, 3.63) is 46.2 Å². The number of hydrogen-bond acceptors (Lipinski definition) is 7. The van der Waals surface area contributed by atoms with Gasteiger partial charge in [0, 0.05) is 80.3 Å². The number of alkyl halides is 2. The summed E-state index contributed by atoms with van der Waals surface area (Å²) in [6.07, 6.45) is 3.66. The molecule has 3 aromatic rings. The van der Waals surface area contributed by atoms with E-state index in [-0.39, 0.29) is 11.5 Å². The van der Waals surface area contributed by atoms with Gasteiger partial charge in [-0.1, -0.05) is 13.8 Å². The van der Waals surface area contributed by atoms with Crippen LogP contribution in [0, 0.1) is 17.8 Å². The topological polar surface area (TPSA) is 69.5 Å². The number of aryl methyl sites for hydroxylation is 1. The van der Waals surface area contributed by atoms with Gasteiger partial charge in [0.1, 0.15) is 0 Å². The molecule has 0 radical (unpaired) electrons. The number of nitrogens with zero attached hydrogens (tertiary/aromatic N) is 6. The Morgan fingerprint density at radius 2 is 1.87 bits per heavy atom. The monoisotopic (exact) mass is 637 g/mol. The molecule has 45 heavy (non-hydrogen) atoms. The quantitative estimate of drug-likeness (QED) is 0.355. The van der Waals surface area contributed by atoms with Crippen molar-refractivity contribution in [1.29, 1.82) is 0 Å². The Bertz CT molecular complexity index is 1510. The molecule has 0 spiro atoms. The third kappa shape index (κ3) is 5.91. The van der Waals surface area contributed by atoms with Crippen LogP contribution in [0.25, 0.3) is 10.4 Å². The van der Waals surface area contributed by atoms with E-state index in [4.69, 9.17) is 5.10 Å². The van der Waals surface area contributed by atoms with Gasteiger partial charge in [0.25, 0.3) is 6.43 Å². The molecule has 0 aliphatic carbocycles. The molecule has 6 heterocycles. The van der Waals surface area contributed by atoms with E-state index in [0.717, 1.165) is 98.3 Å². The molecule has 2 saturated heterocycles. The van der Waals surface area contributed by atoms with Crippen molar-refractivity contribution in [3.63, 3.8) is 0 Å². The van der Waals surface area contributed by atoms with Gasteiger partial charge < -0.3 is 20.0 Å². The smallest absolute Gasteiger partial charge is 0.264 e. The van der Waals surface area contributed by atoms with Gasteiger partial charge in [0.2, 0.25) is 5.91 Å². The lowest BCUT2D eigenvalue weighted by Crippen LogP contribution is -2.47. The first-order valence-electron chi connectivity index (χ1n) is 16.7. The number of halogens is 2. The third-order valence-electron chi connectivity index (χ3n) is 10.8. The van der Waals surface area contributed by atoms with Gasteiger partial charge in [-0.3, -0.25) is 14.5 Å². The molecule has 0 saturated carbocycles. The molecule has 2 unspecified atom stereocenters. The van der Waals surface area contributed by atoms with Crippen molar-refractivity contribution in [1.82, 2.24) is 29.9 Å². The normalized spacial score (nSPS) is 24.6. The molecule has 8 nitrogen and oxygen atoms in total. The molecule has 1 aromatic carbocycles. The van der Waals surface area contributed by atoms with E-state index in [1.165, 1.54) is 17.0 Å². The van der Waals surface area contributed by atoms with Crippen molar-refractivity contribution in [3.8, 4) is 10.4 Å². The number of benzene rings is 1. The minimum atomic E-state index is -2.60. The van der Waals surface area contributed by atoms with Crippen LogP contribution in [0.15, 0.2) is 23.8 Å². The summed E-state index contributed by atoms with van der Waals surface area (Å²) in [5, 5.41) is 8.90. The number of piperidine rings is 2. The number of aromatic nitrogens is 3. The molecule has 7 rings (SSSR count). The number of thiazole rings is 1. The first-order chi connectivity index (χ1) is 21.8. The third-order valence-corrected chi connectivity index (χ3v) is 11.6. The number of anilines is 2. The Labute approximate surface area is 268 Å². The van der Waals surface area contributed by atoms with Gasteiger partial charge in [-0.05, 0) is 74.2 Å². The van der Waals surface area contributed by atoms with E-state index in [2.05, 4.69) is 38.6 Å². The zero-order chi connectivity index (χ0) is 31.2. The SMILES string of the molecule is CC(=O)N1CCc2c(c(N3CCCc4cc(-c5cncs5)c(C(F)F)cc43)nn2C2CCN(CC3C(C)CNCC3C)CC2)C1. The number of nitrogens with one attached hydrogen (secondary N) is 1. The molecule has 4 aliphatic rings. The second kappa shape index (κ2) is 12.7. The second-order valence-corrected chi connectivity index (χ2v) is 14.6. The van der Waals surface area contributed by atoms with Crippen LogP contribution < -0.4 is 10.2 Å². The lowest BCUT2D eigenvalue weighted by atomic mass is 9.80. The van der Waals surface area contributed by atoms with Crippen LogP contribution in [-0.4, -0.2) is 76.3 Å². The molecule has 11 heteroatoms.